The van der Waals surface area contributed by atoms with Crippen molar-refractivity contribution in [2.45, 2.75) is 19.5 Å². The number of fused-ring (bicyclic) bond motifs is 1. The smallest absolute Gasteiger partial charge is 0.306 e. The third kappa shape index (κ3) is 3.41. The number of rotatable bonds is 3. The second-order valence-corrected chi connectivity index (χ2v) is 6.84. The first kappa shape index (κ1) is 14.5. The first-order chi connectivity index (χ1) is 10.0. The molecule has 0 saturated heterocycles. The summed E-state index contributed by atoms with van der Waals surface area (Å²) in [4.78, 5) is 4.17. The Hall–Kier alpha value is -1.48. The molecule has 1 atom stereocenters. The van der Waals surface area contributed by atoms with Crippen LogP contribution in [-0.2, 0) is 32.8 Å². The van der Waals surface area contributed by atoms with E-state index in [2.05, 4.69) is 4.98 Å². The van der Waals surface area contributed by atoms with Crippen molar-refractivity contribution >= 4 is 21.5 Å². The first-order valence-corrected chi connectivity index (χ1v) is 8.90. The molecule has 1 aliphatic heterocycles. The molecule has 6 nitrogen and oxygen atoms in total. The van der Waals surface area contributed by atoms with Gasteiger partial charge >= 0.3 is 10.1 Å². The Labute approximate surface area is 126 Å². The summed E-state index contributed by atoms with van der Waals surface area (Å²) in [6, 6.07) is 5.19. The van der Waals surface area contributed by atoms with Crippen molar-refractivity contribution in [1.82, 2.24) is 4.98 Å². The lowest BCUT2D eigenvalue weighted by Gasteiger charge is -2.12. The number of thiazole rings is 1. The molecular weight excluding hydrogens is 314 g/mol. The van der Waals surface area contributed by atoms with Gasteiger partial charge < -0.3 is 13.7 Å². The van der Waals surface area contributed by atoms with Crippen LogP contribution in [0.2, 0.25) is 0 Å². The molecule has 0 spiro atoms. The SMILES string of the molecule is CS(=O)(=O)Oc1cccc2c1COC(c1cscn1)OC2. The van der Waals surface area contributed by atoms with Gasteiger partial charge in [0.25, 0.3) is 0 Å². The number of hydrogen-bond donors (Lipinski definition) is 0. The summed E-state index contributed by atoms with van der Waals surface area (Å²) < 4.78 is 39.0. The zero-order chi connectivity index (χ0) is 14.9. The molecule has 0 N–H and O–H groups in total. The minimum atomic E-state index is -3.59. The van der Waals surface area contributed by atoms with Crippen LogP contribution in [0.15, 0.2) is 29.1 Å². The Bertz CT molecular complexity index is 727. The molecular formula is C13H13NO5S2. The zero-order valence-electron chi connectivity index (χ0n) is 11.2. The van der Waals surface area contributed by atoms with E-state index in [1.165, 1.54) is 11.3 Å². The van der Waals surface area contributed by atoms with E-state index in [1.807, 2.05) is 11.4 Å². The normalized spacial score (nSPS) is 18.8. The Kier molecular flexibility index (Phi) is 3.94. The molecule has 1 aromatic carbocycles. The van der Waals surface area contributed by atoms with Gasteiger partial charge in [-0.3, -0.25) is 0 Å². The zero-order valence-corrected chi connectivity index (χ0v) is 12.8. The van der Waals surface area contributed by atoms with Crippen molar-refractivity contribution in [2.24, 2.45) is 0 Å². The minimum absolute atomic E-state index is 0.198. The molecule has 21 heavy (non-hydrogen) atoms. The van der Waals surface area contributed by atoms with Gasteiger partial charge in [0.1, 0.15) is 11.4 Å². The molecule has 0 fully saturated rings. The van der Waals surface area contributed by atoms with E-state index >= 15 is 0 Å². The maximum absolute atomic E-state index is 11.3. The Balaban J connectivity index is 1.87. The Morgan fingerprint density at radius 3 is 2.86 bits per heavy atom. The van der Waals surface area contributed by atoms with Gasteiger partial charge in [0.05, 0.1) is 25.0 Å². The van der Waals surface area contributed by atoms with Crippen molar-refractivity contribution in [3.05, 3.63) is 45.9 Å². The van der Waals surface area contributed by atoms with Gasteiger partial charge in [-0.25, -0.2) is 4.98 Å². The second kappa shape index (κ2) is 5.72. The lowest BCUT2D eigenvalue weighted by molar-refractivity contribution is -0.155. The van der Waals surface area contributed by atoms with Crippen LogP contribution < -0.4 is 4.18 Å². The van der Waals surface area contributed by atoms with Gasteiger partial charge in [0, 0.05) is 10.9 Å². The molecule has 0 saturated carbocycles. The topological polar surface area (TPSA) is 74.7 Å². The summed E-state index contributed by atoms with van der Waals surface area (Å²) in [5.41, 5.74) is 3.94. The number of aromatic nitrogens is 1. The Morgan fingerprint density at radius 1 is 1.33 bits per heavy atom. The van der Waals surface area contributed by atoms with Gasteiger partial charge in [0.2, 0.25) is 6.29 Å². The maximum atomic E-state index is 11.3. The predicted octanol–water partition coefficient (Wildman–Crippen LogP) is 2.23. The van der Waals surface area contributed by atoms with E-state index in [1.54, 1.807) is 17.6 Å². The van der Waals surface area contributed by atoms with E-state index in [9.17, 15) is 8.42 Å². The summed E-state index contributed by atoms with van der Waals surface area (Å²) in [6.45, 7) is 0.502. The van der Waals surface area contributed by atoms with Gasteiger partial charge in [-0.05, 0) is 11.6 Å². The molecule has 0 bridgehead atoms. The van der Waals surface area contributed by atoms with Crippen LogP contribution in [-0.4, -0.2) is 19.7 Å². The van der Waals surface area contributed by atoms with Crippen molar-refractivity contribution in [3.8, 4) is 5.75 Å². The number of hydrogen-bond acceptors (Lipinski definition) is 7. The molecule has 1 aliphatic rings. The summed E-state index contributed by atoms with van der Waals surface area (Å²) in [5, 5.41) is 1.86. The molecule has 112 valence electrons. The fraction of sp³-hybridized carbons (Fsp3) is 0.308. The highest BCUT2D eigenvalue weighted by Gasteiger charge is 2.23. The largest absolute Gasteiger partial charge is 0.382 e. The standard InChI is InChI=1S/C13H13NO5S2/c1-21(15,16)19-12-4-2-3-9-5-17-13(18-6-10(9)12)11-7-20-8-14-11/h2-4,7-8,13H,5-6H2,1H3. The van der Waals surface area contributed by atoms with Crippen LogP contribution in [0.3, 0.4) is 0 Å². The fourth-order valence-electron chi connectivity index (χ4n) is 2.03. The highest BCUT2D eigenvalue weighted by atomic mass is 32.2. The average molecular weight is 327 g/mol. The summed E-state index contributed by atoms with van der Waals surface area (Å²) >= 11 is 1.46. The molecule has 2 heterocycles. The van der Waals surface area contributed by atoms with E-state index < -0.39 is 16.4 Å². The predicted molar refractivity (Wildman–Crippen MR) is 76.3 cm³/mol. The van der Waals surface area contributed by atoms with Crippen LogP contribution in [0.1, 0.15) is 23.1 Å². The van der Waals surface area contributed by atoms with Crippen LogP contribution in [0.25, 0.3) is 0 Å². The van der Waals surface area contributed by atoms with Crippen molar-refractivity contribution < 1.29 is 22.1 Å². The number of ether oxygens (including phenoxy) is 2. The van der Waals surface area contributed by atoms with Gasteiger partial charge in [-0.1, -0.05) is 12.1 Å². The Morgan fingerprint density at radius 2 is 2.14 bits per heavy atom. The molecule has 1 unspecified atom stereocenters. The van der Waals surface area contributed by atoms with E-state index in [0.29, 0.717) is 17.9 Å². The van der Waals surface area contributed by atoms with Gasteiger partial charge in [-0.15, -0.1) is 11.3 Å². The fourth-order valence-corrected chi connectivity index (χ4v) is 3.07. The third-order valence-corrected chi connectivity index (χ3v) is 4.02. The molecule has 1 aromatic heterocycles. The van der Waals surface area contributed by atoms with Gasteiger partial charge in [-0.2, -0.15) is 8.42 Å². The molecule has 3 rings (SSSR count). The van der Waals surface area contributed by atoms with Crippen molar-refractivity contribution in [2.75, 3.05) is 6.26 Å². The monoisotopic (exact) mass is 327 g/mol. The molecule has 0 aliphatic carbocycles. The summed E-state index contributed by atoms with van der Waals surface area (Å²) in [5.74, 6) is 0.275. The van der Waals surface area contributed by atoms with Crippen LogP contribution in [0.5, 0.6) is 5.75 Å². The lowest BCUT2D eigenvalue weighted by Crippen LogP contribution is -2.09. The quantitative estimate of drug-likeness (QED) is 0.805. The molecule has 8 heteroatoms. The van der Waals surface area contributed by atoms with Crippen LogP contribution in [0.4, 0.5) is 0 Å². The highest BCUT2D eigenvalue weighted by molar-refractivity contribution is 7.86. The van der Waals surface area contributed by atoms with E-state index in [4.69, 9.17) is 13.7 Å². The average Bonchev–Trinajstić information content (AvgIpc) is 2.84. The van der Waals surface area contributed by atoms with Crippen LogP contribution in [0, 0.1) is 0 Å². The van der Waals surface area contributed by atoms with E-state index in [-0.39, 0.29) is 12.4 Å². The van der Waals surface area contributed by atoms with Crippen LogP contribution >= 0.6 is 11.3 Å². The highest BCUT2D eigenvalue weighted by Crippen LogP contribution is 2.32. The lowest BCUT2D eigenvalue weighted by atomic mass is 10.1. The number of nitrogens with zero attached hydrogens (tertiary/aromatic N) is 1. The molecule has 0 amide bonds. The summed E-state index contributed by atoms with van der Waals surface area (Å²) in [7, 11) is -3.59. The summed E-state index contributed by atoms with van der Waals surface area (Å²) in [6.07, 6.45) is 0.452. The molecule has 0 radical (unpaired) electrons. The number of benzene rings is 1. The first-order valence-electron chi connectivity index (χ1n) is 6.14. The van der Waals surface area contributed by atoms with Gasteiger partial charge in [0.15, 0.2) is 0 Å². The maximum Gasteiger partial charge on any atom is 0.306 e. The van der Waals surface area contributed by atoms with Crippen molar-refractivity contribution in [1.29, 1.82) is 0 Å². The third-order valence-electron chi connectivity index (χ3n) is 2.93. The molecule has 2 aromatic rings. The van der Waals surface area contributed by atoms with Crippen molar-refractivity contribution in [3.63, 3.8) is 0 Å². The van der Waals surface area contributed by atoms with E-state index in [0.717, 1.165) is 11.8 Å². The second-order valence-electron chi connectivity index (χ2n) is 4.55. The minimum Gasteiger partial charge on any atom is -0.382 e.